The zero-order chi connectivity index (χ0) is 20.6. The fourth-order valence-electron chi connectivity index (χ4n) is 3.74. The topological polar surface area (TPSA) is 59.1 Å². The molecule has 1 aliphatic rings. The molecule has 0 radical (unpaired) electrons. The first-order chi connectivity index (χ1) is 14.2. The minimum absolute atomic E-state index is 0.0307. The van der Waals surface area contributed by atoms with Crippen molar-refractivity contribution in [3.63, 3.8) is 0 Å². The highest BCUT2D eigenvalue weighted by Gasteiger charge is 2.33. The molecular formula is C22H28N2O4S. The van der Waals surface area contributed by atoms with Gasteiger partial charge in [-0.15, -0.1) is 11.3 Å². The minimum Gasteiger partial charge on any atom is -0.385 e. The third kappa shape index (κ3) is 5.23. The molecule has 1 atom stereocenters. The number of rotatable bonds is 9. The summed E-state index contributed by atoms with van der Waals surface area (Å²) in [6.07, 6.45) is 1.52. The molecule has 0 spiro atoms. The van der Waals surface area contributed by atoms with Crippen LogP contribution in [0, 0.1) is 0 Å². The lowest BCUT2D eigenvalue weighted by Crippen LogP contribution is -2.47. The normalized spacial score (nSPS) is 15.8. The number of amides is 2. The van der Waals surface area contributed by atoms with Crippen molar-refractivity contribution in [1.82, 2.24) is 9.80 Å². The summed E-state index contributed by atoms with van der Waals surface area (Å²) < 4.78 is 10.1. The van der Waals surface area contributed by atoms with E-state index in [-0.39, 0.29) is 31.0 Å². The van der Waals surface area contributed by atoms with Crippen LogP contribution in [-0.2, 0) is 25.5 Å². The average Bonchev–Trinajstić information content (AvgIpc) is 3.22. The standard InChI is InChI=1S/C22H28N2O4S/c1-27-13-6-11-23(21(26)16-28-2)15-20(25)24-12-9-19-18(10-14-29-19)22(24)17-7-4-3-5-8-17/h3-5,7-8,10,14,22H,6,9,11-13,15-16H2,1-2H3/t22-/m0/s1. The number of benzene rings is 1. The Hall–Kier alpha value is -2.22. The first-order valence-corrected chi connectivity index (χ1v) is 10.7. The Morgan fingerprint density at radius 3 is 2.69 bits per heavy atom. The Kier molecular flexibility index (Phi) is 7.80. The highest BCUT2D eigenvalue weighted by molar-refractivity contribution is 7.10. The second-order valence-corrected chi connectivity index (χ2v) is 8.04. The minimum atomic E-state index is -0.179. The summed E-state index contributed by atoms with van der Waals surface area (Å²) >= 11 is 1.74. The molecule has 0 aliphatic carbocycles. The van der Waals surface area contributed by atoms with Gasteiger partial charge in [-0.3, -0.25) is 9.59 Å². The van der Waals surface area contributed by atoms with E-state index < -0.39 is 0 Å². The van der Waals surface area contributed by atoms with E-state index in [0.29, 0.717) is 26.1 Å². The van der Waals surface area contributed by atoms with Crippen molar-refractivity contribution in [2.45, 2.75) is 18.9 Å². The molecule has 0 saturated carbocycles. The molecule has 2 aromatic rings. The van der Waals surface area contributed by atoms with Crippen LogP contribution >= 0.6 is 11.3 Å². The number of carbonyl (C=O) groups excluding carboxylic acids is 2. The third-order valence-electron chi connectivity index (χ3n) is 5.12. The lowest BCUT2D eigenvalue weighted by Gasteiger charge is -2.37. The van der Waals surface area contributed by atoms with Crippen LogP contribution in [0.2, 0.25) is 0 Å². The predicted molar refractivity (Wildman–Crippen MR) is 113 cm³/mol. The average molecular weight is 417 g/mol. The molecule has 1 aromatic carbocycles. The highest BCUT2D eigenvalue weighted by atomic mass is 32.1. The molecule has 1 aliphatic heterocycles. The van der Waals surface area contributed by atoms with Gasteiger partial charge >= 0.3 is 0 Å². The number of nitrogens with zero attached hydrogens (tertiary/aromatic N) is 2. The quantitative estimate of drug-likeness (QED) is 0.590. The van der Waals surface area contributed by atoms with E-state index in [0.717, 1.165) is 12.0 Å². The maximum Gasteiger partial charge on any atom is 0.249 e. The van der Waals surface area contributed by atoms with E-state index in [1.807, 2.05) is 23.1 Å². The van der Waals surface area contributed by atoms with Gasteiger partial charge < -0.3 is 19.3 Å². The van der Waals surface area contributed by atoms with Crippen molar-refractivity contribution in [1.29, 1.82) is 0 Å². The van der Waals surface area contributed by atoms with Crippen molar-refractivity contribution in [2.75, 3.05) is 47.1 Å². The van der Waals surface area contributed by atoms with E-state index in [1.54, 1.807) is 23.3 Å². The lowest BCUT2D eigenvalue weighted by atomic mass is 9.93. The fourth-order valence-corrected chi connectivity index (χ4v) is 4.64. The molecule has 0 bridgehead atoms. The van der Waals surface area contributed by atoms with Crippen LogP contribution in [0.3, 0.4) is 0 Å². The summed E-state index contributed by atoms with van der Waals surface area (Å²) in [4.78, 5) is 30.6. The third-order valence-corrected chi connectivity index (χ3v) is 6.12. The molecule has 2 amide bonds. The summed E-state index contributed by atoms with van der Waals surface area (Å²) in [5.41, 5.74) is 2.28. The maximum atomic E-state index is 13.3. The Morgan fingerprint density at radius 2 is 1.97 bits per heavy atom. The van der Waals surface area contributed by atoms with Gasteiger partial charge in [-0.1, -0.05) is 30.3 Å². The van der Waals surface area contributed by atoms with Gasteiger partial charge in [0, 0.05) is 38.8 Å². The maximum absolute atomic E-state index is 13.3. The molecule has 156 valence electrons. The molecule has 7 heteroatoms. The first kappa shape index (κ1) is 21.5. The van der Waals surface area contributed by atoms with Gasteiger partial charge in [-0.05, 0) is 35.4 Å². The van der Waals surface area contributed by atoms with Crippen molar-refractivity contribution >= 4 is 23.2 Å². The molecule has 3 rings (SSSR count). The molecule has 6 nitrogen and oxygen atoms in total. The number of carbonyl (C=O) groups is 2. The van der Waals surface area contributed by atoms with Gasteiger partial charge in [0.15, 0.2) is 0 Å². The van der Waals surface area contributed by atoms with Crippen LogP contribution in [0.15, 0.2) is 41.8 Å². The van der Waals surface area contributed by atoms with Gasteiger partial charge in [-0.25, -0.2) is 0 Å². The zero-order valence-corrected chi connectivity index (χ0v) is 17.8. The summed E-state index contributed by atoms with van der Waals surface area (Å²) in [5, 5.41) is 2.09. The fraction of sp³-hybridized carbons (Fsp3) is 0.455. The summed E-state index contributed by atoms with van der Waals surface area (Å²) in [7, 11) is 3.12. The zero-order valence-electron chi connectivity index (χ0n) is 17.0. The molecule has 0 saturated heterocycles. The molecular weight excluding hydrogens is 388 g/mol. The summed E-state index contributed by atoms with van der Waals surface area (Å²) in [6.45, 7) is 1.68. The Balaban J connectivity index is 1.80. The van der Waals surface area contributed by atoms with Gasteiger partial charge in [0.2, 0.25) is 11.8 Å². The highest BCUT2D eigenvalue weighted by Crippen LogP contribution is 2.37. The van der Waals surface area contributed by atoms with Crippen LogP contribution in [0.5, 0.6) is 0 Å². The van der Waals surface area contributed by atoms with Crippen molar-refractivity contribution in [3.05, 3.63) is 57.8 Å². The van der Waals surface area contributed by atoms with Crippen LogP contribution in [0.4, 0.5) is 0 Å². The molecule has 0 unspecified atom stereocenters. The van der Waals surface area contributed by atoms with E-state index in [4.69, 9.17) is 9.47 Å². The largest absolute Gasteiger partial charge is 0.385 e. The smallest absolute Gasteiger partial charge is 0.249 e. The van der Waals surface area contributed by atoms with Crippen LogP contribution in [0.1, 0.15) is 28.5 Å². The second kappa shape index (κ2) is 10.5. The van der Waals surface area contributed by atoms with Crippen LogP contribution in [0.25, 0.3) is 0 Å². The predicted octanol–water partition coefficient (Wildman–Crippen LogP) is 2.73. The number of thiophene rings is 1. The Labute approximate surface area is 176 Å². The number of hydrogen-bond donors (Lipinski definition) is 0. The van der Waals surface area contributed by atoms with E-state index >= 15 is 0 Å². The molecule has 2 heterocycles. The van der Waals surface area contributed by atoms with Gasteiger partial charge in [0.25, 0.3) is 0 Å². The van der Waals surface area contributed by atoms with Crippen LogP contribution < -0.4 is 0 Å². The van der Waals surface area contributed by atoms with E-state index in [9.17, 15) is 9.59 Å². The number of ether oxygens (including phenoxy) is 2. The van der Waals surface area contributed by atoms with Gasteiger partial charge in [0.05, 0.1) is 12.6 Å². The van der Waals surface area contributed by atoms with Gasteiger partial charge in [0.1, 0.15) is 6.61 Å². The van der Waals surface area contributed by atoms with Crippen molar-refractivity contribution < 1.29 is 19.1 Å². The van der Waals surface area contributed by atoms with E-state index in [2.05, 4.69) is 23.6 Å². The van der Waals surface area contributed by atoms with Crippen molar-refractivity contribution in [3.8, 4) is 0 Å². The number of fused-ring (bicyclic) bond motifs is 1. The summed E-state index contributed by atoms with van der Waals surface area (Å²) in [6, 6.07) is 12.1. The van der Waals surface area contributed by atoms with Crippen LogP contribution in [-0.4, -0.2) is 68.7 Å². The lowest BCUT2D eigenvalue weighted by molar-refractivity contribution is -0.143. The Bertz CT molecular complexity index is 808. The monoisotopic (exact) mass is 416 g/mol. The second-order valence-electron chi connectivity index (χ2n) is 7.04. The molecule has 0 N–H and O–H groups in total. The molecule has 1 aromatic heterocycles. The molecule has 29 heavy (non-hydrogen) atoms. The number of hydrogen-bond acceptors (Lipinski definition) is 5. The number of methoxy groups -OCH3 is 2. The first-order valence-electron chi connectivity index (χ1n) is 9.82. The van der Waals surface area contributed by atoms with Gasteiger partial charge in [-0.2, -0.15) is 0 Å². The van der Waals surface area contributed by atoms with E-state index in [1.165, 1.54) is 17.6 Å². The Morgan fingerprint density at radius 1 is 1.17 bits per heavy atom. The summed E-state index contributed by atoms with van der Waals surface area (Å²) in [5.74, 6) is -0.223. The van der Waals surface area contributed by atoms with Crippen molar-refractivity contribution in [2.24, 2.45) is 0 Å². The SMILES string of the molecule is COCCCN(CC(=O)N1CCc2sccc2[C@@H]1c1ccccc1)C(=O)COC. The molecule has 0 fully saturated rings.